The molecule has 0 fully saturated rings. The van der Waals surface area contributed by atoms with Crippen LogP contribution in [0.5, 0.6) is 5.75 Å². The molecule has 1 rings (SSSR count). The standard InChI is InChI=1S/C8H8O.C3H6O2/c1-2-9-8-6-4-3-5-7-8;1-3(4)5-2/h2-7H,1H2;1-2H3. The van der Waals surface area contributed by atoms with Gasteiger partial charge in [0, 0.05) is 6.92 Å². The van der Waals surface area contributed by atoms with Crippen molar-refractivity contribution in [1.29, 1.82) is 0 Å². The Bertz CT molecular complexity index is 267. The van der Waals surface area contributed by atoms with Crippen LogP contribution in [0.3, 0.4) is 0 Å². The van der Waals surface area contributed by atoms with E-state index >= 15 is 0 Å². The molecule has 0 aliphatic heterocycles. The van der Waals surface area contributed by atoms with Gasteiger partial charge < -0.3 is 9.47 Å². The number of hydrogen-bond donors (Lipinski definition) is 0. The fourth-order valence-corrected chi connectivity index (χ4v) is 0.595. The predicted octanol–water partition coefficient (Wildman–Crippen LogP) is 2.39. The summed E-state index contributed by atoms with van der Waals surface area (Å²) in [5.41, 5.74) is 0. The third-order valence-corrected chi connectivity index (χ3v) is 1.25. The lowest BCUT2D eigenvalue weighted by Gasteiger charge is -1.95. The minimum Gasteiger partial charge on any atom is -0.469 e. The van der Waals surface area contributed by atoms with Crippen molar-refractivity contribution in [2.24, 2.45) is 0 Å². The summed E-state index contributed by atoms with van der Waals surface area (Å²) in [6.07, 6.45) is 1.41. The maximum atomic E-state index is 9.59. The Balaban J connectivity index is 0.000000292. The molecule has 0 heterocycles. The molecule has 0 aromatic heterocycles. The number of benzene rings is 1. The van der Waals surface area contributed by atoms with Gasteiger partial charge in [0.2, 0.25) is 0 Å². The molecule has 1 aromatic carbocycles. The number of para-hydroxylation sites is 1. The highest BCUT2D eigenvalue weighted by Crippen LogP contribution is 2.07. The fraction of sp³-hybridized carbons (Fsp3) is 0.182. The number of hydrogen-bond acceptors (Lipinski definition) is 3. The Morgan fingerprint density at radius 2 is 1.86 bits per heavy atom. The summed E-state index contributed by atoms with van der Waals surface area (Å²) in [7, 11) is 1.35. The zero-order chi connectivity index (χ0) is 10.8. The molecule has 0 radical (unpaired) electrons. The molecule has 1 aromatic rings. The molecule has 0 unspecified atom stereocenters. The normalized spacial score (nSPS) is 7.86. The maximum absolute atomic E-state index is 9.59. The number of carbonyl (C=O) groups excluding carboxylic acids is 1. The van der Waals surface area contributed by atoms with E-state index in [2.05, 4.69) is 11.3 Å². The van der Waals surface area contributed by atoms with Crippen molar-refractivity contribution < 1.29 is 14.3 Å². The minimum atomic E-state index is -0.245. The molecular formula is C11H14O3. The molecule has 0 aliphatic carbocycles. The molecule has 0 aliphatic rings. The second-order valence-electron chi connectivity index (χ2n) is 2.29. The largest absolute Gasteiger partial charge is 0.469 e. The van der Waals surface area contributed by atoms with Crippen LogP contribution in [0, 0.1) is 0 Å². The van der Waals surface area contributed by atoms with Gasteiger partial charge >= 0.3 is 5.97 Å². The van der Waals surface area contributed by atoms with Crippen LogP contribution in [0.2, 0.25) is 0 Å². The Labute approximate surface area is 84.0 Å². The van der Waals surface area contributed by atoms with E-state index in [4.69, 9.17) is 4.74 Å². The number of esters is 1. The zero-order valence-electron chi connectivity index (χ0n) is 8.40. The van der Waals surface area contributed by atoms with Gasteiger partial charge in [-0.05, 0) is 12.1 Å². The van der Waals surface area contributed by atoms with E-state index in [-0.39, 0.29) is 5.97 Å². The summed E-state index contributed by atoms with van der Waals surface area (Å²) in [5.74, 6) is 0.581. The first kappa shape index (κ1) is 12.2. The fourth-order valence-electron chi connectivity index (χ4n) is 0.595. The average molecular weight is 194 g/mol. The van der Waals surface area contributed by atoms with E-state index in [1.165, 1.54) is 20.3 Å². The molecule has 0 atom stereocenters. The van der Waals surface area contributed by atoms with Gasteiger partial charge in [-0.2, -0.15) is 0 Å². The lowest BCUT2D eigenvalue weighted by Crippen LogP contribution is -1.88. The van der Waals surface area contributed by atoms with Crippen LogP contribution < -0.4 is 4.74 Å². The van der Waals surface area contributed by atoms with Crippen LogP contribution in [0.4, 0.5) is 0 Å². The average Bonchev–Trinajstić information content (AvgIpc) is 2.21. The number of ether oxygens (including phenoxy) is 2. The van der Waals surface area contributed by atoms with Gasteiger partial charge in [-0.1, -0.05) is 24.8 Å². The van der Waals surface area contributed by atoms with Crippen LogP contribution in [0.25, 0.3) is 0 Å². The molecule has 0 N–H and O–H groups in total. The molecule has 0 saturated carbocycles. The first-order valence-corrected chi connectivity index (χ1v) is 4.08. The first-order valence-electron chi connectivity index (χ1n) is 4.08. The molecule has 0 spiro atoms. The second kappa shape index (κ2) is 7.86. The van der Waals surface area contributed by atoms with E-state index in [1.807, 2.05) is 30.3 Å². The smallest absolute Gasteiger partial charge is 0.302 e. The van der Waals surface area contributed by atoms with Gasteiger partial charge in [-0.25, -0.2) is 0 Å². The molecule has 0 saturated heterocycles. The number of rotatable bonds is 2. The lowest BCUT2D eigenvalue weighted by atomic mass is 10.3. The monoisotopic (exact) mass is 194 g/mol. The summed E-state index contributed by atoms with van der Waals surface area (Å²) in [5, 5.41) is 0. The van der Waals surface area contributed by atoms with E-state index in [0.29, 0.717) is 0 Å². The quantitative estimate of drug-likeness (QED) is 0.535. The van der Waals surface area contributed by atoms with Crippen LogP contribution in [-0.2, 0) is 9.53 Å². The van der Waals surface area contributed by atoms with Crippen molar-refractivity contribution in [1.82, 2.24) is 0 Å². The van der Waals surface area contributed by atoms with Crippen molar-refractivity contribution in [3.8, 4) is 5.75 Å². The predicted molar refractivity (Wildman–Crippen MR) is 55.0 cm³/mol. The van der Waals surface area contributed by atoms with Crippen molar-refractivity contribution in [3.63, 3.8) is 0 Å². The van der Waals surface area contributed by atoms with Crippen molar-refractivity contribution in [2.45, 2.75) is 6.92 Å². The summed E-state index contributed by atoms with van der Waals surface area (Å²) in [4.78, 5) is 9.59. The van der Waals surface area contributed by atoms with Crippen molar-refractivity contribution in [2.75, 3.05) is 7.11 Å². The minimum absolute atomic E-state index is 0.245. The van der Waals surface area contributed by atoms with Crippen LogP contribution in [0.1, 0.15) is 6.92 Å². The molecule has 0 bridgehead atoms. The van der Waals surface area contributed by atoms with Crippen molar-refractivity contribution in [3.05, 3.63) is 43.2 Å². The van der Waals surface area contributed by atoms with E-state index < -0.39 is 0 Å². The first-order chi connectivity index (χ1) is 6.70. The van der Waals surface area contributed by atoms with Gasteiger partial charge in [-0.3, -0.25) is 4.79 Å². The Morgan fingerprint density at radius 3 is 2.21 bits per heavy atom. The summed E-state index contributed by atoms with van der Waals surface area (Å²) in [6, 6.07) is 9.52. The maximum Gasteiger partial charge on any atom is 0.302 e. The molecular weight excluding hydrogens is 180 g/mol. The van der Waals surface area contributed by atoms with Gasteiger partial charge in [-0.15, -0.1) is 0 Å². The van der Waals surface area contributed by atoms with Gasteiger partial charge in [0.25, 0.3) is 0 Å². The number of methoxy groups -OCH3 is 1. The SMILES string of the molecule is C=COc1ccccc1.COC(C)=O. The Hall–Kier alpha value is -1.77. The van der Waals surface area contributed by atoms with Gasteiger partial charge in [0.1, 0.15) is 5.75 Å². The third kappa shape index (κ3) is 6.91. The highest BCUT2D eigenvalue weighted by Gasteiger charge is 1.82. The van der Waals surface area contributed by atoms with Gasteiger partial charge in [0.15, 0.2) is 0 Å². The highest BCUT2D eigenvalue weighted by molar-refractivity contribution is 5.65. The topological polar surface area (TPSA) is 35.5 Å². The van der Waals surface area contributed by atoms with E-state index in [9.17, 15) is 4.79 Å². The van der Waals surface area contributed by atoms with Crippen molar-refractivity contribution >= 4 is 5.97 Å². The summed E-state index contributed by atoms with van der Waals surface area (Å²) >= 11 is 0. The van der Waals surface area contributed by atoms with Crippen LogP contribution in [-0.4, -0.2) is 13.1 Å². The number of carbonyl (C=O) groups is 1. The van der Waals surface area contributed by atoms with Gasteiger partial charge in [0.05, 0.1) is 13.4 Å². The van der Waals surface area contributed by atoms with E-state index in [0.717, 1.165) is 5.75 Å². The molecule has 3 nitrogen and oxygen atoms in total. The second-order valence-corrected chi connectivity index (χ2v) is 2.29. The molecule has 0 amide bonds. The Morgan fingerprint density at radius 1 is 1.36 bits per heavy atom. The van der Waals surface area contributed by atoms with Crippen LogP contribution >= 0.6 is 0 Å². The summed E-state index contributed by atoms with van der Waals surface area (Å²) < 4.78 is 9.08. The third-order valence-electron chi connectivity index (χ3n) is 1.25. The lowest BCUT2D eigenvalue weighted by molar-refractivity contribution is -0.137. The van der Waals surface area contributed by atoms with Crippen LogP contribution in [0.15, 0.2) is 43.2 Å². The summed E-state index contributed by atoms with van der Waals surface area (Å²) in [6.45, 7) is 4.79. The molecule has 14 heavy (non-hydrogen) atoms. The molecule has 76 valence electrons. The molecule has 3 heteroatoms. The highest BCUT2D eigenvalue weighted by atomic mass is 16.5. The van der Waals surface area contributed by atoms with E-state index in [1.54, 1.807) is 0 Å². The zero-order valence-corrected chi connectivity index (χ0v) is 8.40. The Kier molecular flexibility index (Phi) is 6.86.